The van der Waals surface area contributed by atoms with E-state index >= 15 is 0 Å². The normalized spacial score (nSPS) is 21.4. The van der Waals surface area contributed by atoms with Crippen LogP contribution in [0.4, 0.5) is 0 Å². The van der Waals surface area contributed by atoms with Crippen molar-refractivity contribution in [1.82, 2.24) is 10.2 Å². The van der Waals surface area contributed by atoms with Crippen LogP contribution in [0.2, 0.25) is 0 Å². The van der Waals surface area contributed by atoms with E-state index in [4.69, 9.17) is 0 Å². The summed E-state index contributed by atoms with van der Waals surface area (Å²) in [6, 6.07) is -0.874. The first kappa shape index (κ1) is 19.5. The van der Waals surface area contributed by atoms with Gasteiger partial charge in [-0.2, -0.15) is 0 Å². The van der Waals surface area contributed by atoms with E-state index in [9.17, 15) is 19.5 Å². The van der Waals surface area contributed by atoms with Crippen molar-refractivity contribution < 1.29 is 19.5 Å². The minimum atomic E-state index is -1.01. The van der Waals surface area contributed by atoms with E-state index in [1.807, 2.05) is 34.6 Å². The number of nitrogens with one attached hydrogen (secondary N) is 1. The lowest BCUT2D eigenvalue weighted by atomic mass is 9.90. The SMILES string of the molecule is CCC(C)C(NC(=O)C1CCCN(C(=O)C(C)(C)C)C1)C(=O)O. The number of carboxylic acids is 1. The van der Waals surface area contributed by atoms with E-state index in [0.717, 1.165) is 6.42 Å². The Balaban J connectivity index is 2.72. The number of aliphatic carboxylic acids is 1. The van der Waals surface area contributed by atoms with Crippen molar-refractivity contribution in [3.05, 3.63) is 0 Å². The zero-order chi connectivity index (χ0) is 17.8. The molecule has 23 heavy (non-hydrogen) atoms. The molecule has 1 aliphatic heterocycles. The van der Waals surface area contributed by atoms with Crippen LogP contribution < -0.4 is 5.32 Å². The van der Waals surface area contributed by atoms with Crippen molar-refractivity contribution >= 4 is 17.8 Å². The summed E-state index contributed by atoms with van der Waals surface area (Å²) in [6.45, 7) is 10.3. The molecule has 3 unspecified atom stereocenters. The molecule has 0 radical (unpaired) electrons. The molecule has 1 aliphatic rings. The van der Waals surface area contributed by atoms with Crippen LogP contribution in [0.5, 0.6) is 0 Å². The summed E-state index contributed by atoms with van der Waals surface area (Å²) in [5.74, 6) is -1.70. The highest BCUT2D eigenvalue weighted by molar-refractivity contribution is 5.86. The summed E-state index contributed by atoms with van der Waals surface area (Å²) in [5, 5.41) is 11.9. The molecule has 6 heteroatoms. The number of hydrogen-bond acceptors (Lipinski definition) is 3. The van der Waals surface area contributed by atoms with Crippen LogP contribution in [-0.4, -0.2) is 46.9 Å². The molecule has 1 heterocycles. The highest BCUT2D eigenvalue weighted by atomic mass is 16.4. The number of carbonyl (C=O) groups excluding carboxylic acids is 2. The molecule has 0 aliphatic carbocycles. The molecule has 0 bridgehead atoms. The molecule has 1 rings (SSSR count). The van der Waals surface area contributed by atoms with E-state index in [1.165, 1.54) is 0 Å². The lowest BCUT2D eigenvalue weighted by molar-refractivity contribution is -0.146. The molecule has 2 amide bonds. The molecule has 6 nitrogen and oxygen atoms in total. The van der Waals surface area contributed by atoms with E-state index < -0.39 is 17.4 Å². The smallest absolute Gasteiger partial charge is 0.326 e. The average molecular weight is 326 g/mol. The third kappa shape index (κ3) is 5.22. The van der Waals surface area contributed by atoms with Gasteiger partial charge in [0.25, 0.3) is 0 Å². The van der Waals surface area contributed by atoms with Crippen molar-refractivity contribution in [1.29, 1.82) is 0 Å². The first-order valence-corrected chi connectivity index (χ1v) is 8.40. The quantitative estimate of drug-likeness (QED) is 0.807. The fourth-order valence-electron chi connectivity index (χ4n) is 2.80. The van der Waals surface area contributed by atoms with E-state index in [-0.39, 0.29) is 23.7 Å². The van der Waals surface area contributed by atoms with Gasteiger partial charge in [0, 0.05) is 18.5 Å². The van der Waals surface area contributed by atoms with Gasteiger partial charge in [-0.3, -0.25) is 9.59 Å². The van der Waals surface area contributed by atoms with Crippen molar-refractivity contribution in [2.75, 3.05) is 13.1 Å². The minimum absolute atomic E-state index is 0.0340. The Bertz CT molecular complexity index is 456. The zero-order valence-electron chi connectivity index (χ0n) is 14.9. The van der Waals surface area contributed by atoms with Gasteiger partial charge in [0.2, 0.25) is 11.8 Å². The predicted molar refractivity (Wildman–Crippen MR) is 87.8 cm³/mol. The van der Waals surface area contributed by atoms with Crippen molar-refractivity contribution in [3.8, 4) is 0 Å². The average Bonchev–Trinajstić information content (AvgIpc) is 2.49. The van der Waals surface area contributed by atoms with Gasteiger partial charge in [0.1, 0.15) is 6.04 Å². The van der Waals surface area contributed by atoms with E-state index in [2.05, 4.69) is 5.32 Å². The summed E-state index contributed by atoms with van der Waals surface area (Å²) in [4.78, 5) is 37.9. The van der Waals surface area contributed by atoms with Gasteiger partial charge >= 0.3 is 5.97 Å². The summed E-state index contributed by atoms with van der Waals surface area (Å²) in [7, 11) is 0. The summed E-state index contributed by atoms with van der Waals surface area (Å²) >= 11 is 0. The Labute approximate surface area is 138 Å². The first-order valence-electron chi connectivity index (χ1n) is 8.40. The van der Waals surface area contributed by atoms with Crippen LogP contribution in [0.1, 0.15) is 53.9 Å². The predicted octanol–water partition coefficient (Wildman–Crippen LogP) is 1.89. The second kappa shape index (κ2) is 7.79. The lowest BCUT2D eigenvalue weighted by Gasteiger charge is -2.36. The van der Waals surface area contributed by atoms with Gasteiger partial charge in [-0.1, -0.05) is 41.0 Å². The van der Waals surface area contributed by atoms with E-state index in [0.29, 0.717) is 25.9 Å². The molecule has 0 saturated carbocycles. The van der Waals surface area contributed by atoms with Gasteiger partial charge in [-0.05, 0) is 18.8 Å². The van der Waals surface area contributed by atoms with Crippen LogP contribution in [0.3, 0.4) is 0 Å². The Morgan fingerprint density at radius 2 is 1.91 bits per heavy atom. The standard InChI is InChI=1S/C17H30N2O4/c1-6-11(2)13(15(21)22)18-14(20)12-8-7-9-19(10-12)16(23)17(3,4)5/h11-13H,6-10H2,1-5H3,(H,18,20)(H,21,22). The molecule has 132 valence electrons. The number of rotatable bonds is 5. The lowest BCUT2D eigenvalue weighted by Crippen LogP contribution is -2.52. The summed E-state index contributed by atoms with van der Waals surface area (Å²) < 4.78 is 0. The Hall–Kier alpha value is -1.59. The van der Waals surface area contributed by atoms with Crippen molar-refractivity contribution in [2.24, 2.45) is 17.3 Å². The third-order valence-corrected chi connectivity index (χ3v) is 4.50. The number of hydrogen-bond donors (Lipinski definition) is 2. The Morgan fingerprint density at radius 3 is 2.39 bits per heavy atom. The van der Waals surface area contributed by atoms with Gasteiger partial charge < -0.3 is 15.3 Å². The third-order valence-electron chi connectivity index (χ3n) is 4.50. The minimum Gasteiger partial charge on any atom is -0.480 e. The number of amides is 2. The fourth-order valence-corrected chi connectivity index (χ4v) is 2.80. The molecule has 1 saturated heterocycles. The largest absolute Gasteiger partial charge is 0.480 e. The van der Waals surface area contributed by atoms with Gasteiger partial charge in [-0.15, -0.1) is 0 Å². The monoisotopic (exact) mass is 326 g/mol. The molecule has 0 aromatic rings. The Kier molecular flexibility index (Phi) is 6.59. The maximum atomic E-state index is 12.4. The zero-order valence-corrected chi connectivity index (χ0v) is 14.9. The fraction of sp³-hybridized carbons (Fsp3) is 0.824. The van der Waals surface area contributed by atoms with Crippen LogP contribution in [0.15, 0.2) is 0 Å². The number of nitrogens with zero attached hydrogens (tertiary/aromatic N) is 1. The highest BCUT2D eigenvalue weighted by Gasteiger charge is 2.35. The maximum absolute atomic E-state index is 12.4. The number of likely N-dealkylation sites (tertiary alicyclic amines) is 1. The summed E-state index contributed by atoms with van der Waals surface area (Å²) in [6.07, 6.45) is 2.13. The molecule has 3 atom stereocenters. The summed E-state index contributed by atoms with van der Waals surface area (Å²) in [5.41, 5.74) is -0.474. The number of piperidine rings is 1. The second-order valence-electron chi connectivity index (χ2n) is 7.55. The molecule has 0 aromatic carbocycles. The van der Waals surface area contributed by atoms with Crippen LogP contribution >= 0.6 is 0 Å². The van der Waals surface area contributed by atoms with Gasteiger partial charge in [0.05, 0.1) is 5.92 Å². The molecular formula is C17H30N2O4. The molecule has 0 spiro atoms. The molecule has 1 fully saturated rings. The topological polar surface area (TPSA) is 86.7 Å². The molecule has 0 aromatic heterocycles. The second-order valence-corrected chi connectivity index (χ2v) is 7.55. The maximum Gasteiger partial charge on any atom is 0.326 e. The Morgan fingerprint density at radius 1 is 1.30 bits per heavy atom. The van der Waals surface area contributed by atoms with Crippen LogP contribution in [-0.2, 0) is 14.4 Å². The van der Waals surface area contributed by atoms with Crippen LogP contribution in [0.25, 0.3) is 0 Å². The van der Waals surface area contributed by atoms with Gasteiger partial charge in [-0.25, -0.2) is 4.79 Å². The van der Waals surface area contributed by atoms with Crippen molar-refractivity contribution in [3.63, 3.8) is 0 Å². The number of carbonyl (C=O) groups is 3. The van der Waals surface area contributed by atoms with Crippen LogP contribution in [0, 0.1) is 17.3 Å². The first-order chi connectivity index (χ1) is 10.6. The van der Waals surface area contributed by atoms with Crippen molar-refractivity contribution in [2.45, 2.75) is 59.9 Å². The molecular weight excluding hydrogens is 296 g/mol. The van der Waals surface area contributed by atoms with Gasteiger partial charge in [0.15, 0.2) is 0 Å². The molecule has 2 N–H and O–H groups in total. The number of carboxylic acid groups (broad SMARTS) is 1. The highest BCUT2D eigenvalue weighted by Crippen LogP contribution is 2.24. The van der Waals surface area contributed by atoms with E-state index in [1.54, 1.807) is 4.90 Å².